The van der Waals surface area contributed by atoms with Gasteiger partial charge in [0.05, 0.1) is 31.3 Å². The number of allylic oxidation sites excluding steroid dienone is 7. The van der Waals surface area contributed by atoms with Crippen LogP contribution >= 0.6 is 0 Å². The lowest BCUT2D eigenvalue weighted by molar-refractivity contribution is -0.124. The SMILES string of the molecule is CCCCCCCCC/C=C/CC/C=C/C(O)C(CO)NC(=O)CC(O)CCCCCCCCCCCCCCCCC/C=C\C/C=C\CCCCCCCCCCCCC. The second-order valence-corrected chi connectivity index (χ2v) is 18.5. The summed E-state index contributed by atoms with van der Waals surface area (Å²) in [7, 11) is 0. The van der Waals surface area contributed by atoms with Crippen molar-refractivity contribution in [3.8, 4) is 0 Å². The molecule has 0 saturated heterocycles. The van der Waals surface area contributed by atoms with Crippen LogP contribution in [0.1, 0.15) is 277 Å². The van der Waals surface area contributed by atoms with Gasteiger partial charge < -0.3 is 20.6 Å². The van der Waals surface area contributed by atoms with Crippen molar-refractivity contribution in [1.82, 2.24) is 5.32 Å². The summed E-state index contributed by atoms with van der Waals surface area (Å²) in [6.07, 6.45) is 67.3. The molecular formula is C56H105NO4. The van der Waals surface area contributed by atoms with Crippen molar-refractivity contribution in [1.29, 1.82) is 0 Å². The Hall–Kier alpha value is -1.69. The molecule has 0 aliphatic carbocycles. The molecule has 0 radical (unpaired) electrons. The van der Waals surface area contributed by atoms with E-state index >= 15 is 0 Å². The molecule has 4 N–H and O–H groups in total. The molecule has 0 aromatic carbocycles. The second-order valence-electron chi connectivity index (χ2n) is 18.5. The first-order valence-corrected chi connectivity index (χ1v) is 26.9. The summed E-state index contributed by atoms with van der Waals surface area (Å²) in [5.74, 6) is -0.325. The molecule has 0 aromatic rings. The largest absolute Gasteiger partial charge is 0.394 e. The molecular weight excluding hydrogens is 751 g/mol. The minimum Gasteiger partial charge on any atom is -0.394 e. The number of carbonyl (C=O) groups is 1. The van der Waals surface area contributed by atoms with Crippen LogP contribution in [0.5, 0.6) is 0 Å². The Labute approximate surface area is 380 Å². The first-order chi connectivity index (χ1) is 30.0. The number of amides is 1. The van der Waals surface area contributed by atoms with Crippen LogP contribution in [0.3, 0.4) is 0 Å². The van der Waals surface area contributed by atoms with Gasteiger partial charge in [0, 0.05) is 0 Å². The second kappa shape index (κ2) is 50.9. The molecule has 0 fully saturated rings. The van der Waals surface area contributed by atoms with Crippen molar-refractivity contribution in [2.24, 2.45) is 0 Å². The van der Waals surface area contributed by atoms with Gasteiger partial charge in [-0.25, -0.2) is 0 Å². The highest BCUT2D eigenvalue weighted by atomic mass is 16.3. The molecule has 61 heavy (non-hydrogen) atoms. The summed E-state index contributed by atoms with van der Waals surface area (Å²) in [5, 5.41) is 33.3. The standard InChI is InChI=1S/C56H105NO4/c1-3-5-7-9-11-13-15-17-18-19-20-21-22-23-24-25-26-27-28-29-30-31-32-33-34-35-36-38-39-41-43-45-47-49-53(59)51-56(61)57-54(52-58)55(60)50-48-46-44-42-40-37-16-14-12-10-8-6-4-2/h22-23,25-26,40,42,48,50,53-55,58-60H,3-21,24,27-39,41,43-47,49,51-52H2,1-2H3,(H,57,61)/b23-22-,26-25-,42-40+,50-48+. The summed E-state index contributed by atoms with van der Waals surface area (Å²) in [4.78, 5) is 12.5. The van der Waals surface area contributed by atoms with Crippen LogP contribution in [0.15, 0.2) is 48.6 Å². The Kier molecular flexibility index (Phi) is 49.5. The van der Waals surface area contributed by atoms with Crippen LogP contribution in [-0.4, -0.2) is 46.1 Å². The van der Waals surface area contributed by atoms with Gasteiger partial charge in [-0.3, -0.25) is 4.79 Å². The van der Waals surface area contributed by atoms with Gasteiger partial charge in [-0.2, -0.15) is 0 Å². The number of hydrogen-bond acceptors (Lipinski definition) is 4. The van der Waals surface area contributed by atoms with Crippen LogP contribution < -0.4 is 5.32 Å². The van der Waals surface area contributed by atoms with Gasteiger partial charge in [0.15, 0.2) is 0 Å². The van der Waals surface area contributed by atoms with Crippen LogP contribution in [0, 0.1) is 0 Å². The van der Waals surface area contributed by atoms with Crippen molar-refractivity contribution < 1.29 is 20.1 Å². The van der Waals surface area contributed by atoms with Crippen LogP contribution in [0.4, 0.5) is 0 Å². The monoisotopic (exact) mass is 856 g/mol. The molecule has 0 bridgehead atoms. The molecule has 0 heterocycles. The Bertz CT molecular complexity index is 989. The van der Waals surface area contributed by atoms with E-state index in [4.69, 9.17) is 0 Å². The number of aliphatic hydroxyl groups is 3. The van der Waals surface area contributed by atoms with Crippen molar-refractivity contribution >= 4 is 5.91 Å². The van der Waals surface area contributed by atoms with Crippen molar-refractivity contribution in [2.45, 2.75) is 295 Å². The summed E-state index contributed by atoms with van der Waals surface area (Å²) >= 11 is 0. The lowest BCUT2D eigenvalue weighted by Gasteiger charge is -2.21. The summed E-state index contributed by atoms with van der Waals surface area (Å²) in [5.41, 5.74) is 0. The third-order valence-electron chi connectivity index (χ3n) is 12.3. The molecule has 5 heteroatoms. The molecule has 1 amide bonds. The fourth-order valence-corrected chi connectivity index (χ4v) is 8.21. The molecule has 0 aliphatic rings. The van der Waals surface area contributed by atoms with Gasteiger partial charge in [-0.1, -0.05) is 255 Å². The van der Waals surface area contributed by atoms with E-state index in [0.717, 1.165) is 38.5 Å². The molecule has 358 valence electrons. The highest BCUT2D eigenvalue weighted by Gasteiger charge is 2.20. The summed E-state index contributed by atoms with van der Waals surface area (Å²) < 4.78 is 0. The van der Waals surface area contributed by atoms with Gasteiger partial charge in [0.25, 0.3) is 0 Å². The lowest BCUT2D eigenvalue weighted by Crippen LogP contribution is -2.45. The quantitative estimate of drug-likeness (QED) is 0.0362. The zero-order valence-corrected chi connectivity index (χ0v) is 40.8. The van der Waals surface area contributed by atoms with Crippen molar-refractivity contribution in [2.75, 3.05) is 6.61 Å². The Morgan fingerprint density at radius 3 is 1.15 bits per heavy atom. The maximum atomic E-state index is 12.5. The Balaban J connectivity index is 3.54. The lowest BCUT2D eigenvalue weighted by atomic mass is 10.0. The average Bonchev–Trinajstić information content (AvgIpc) is 3.25. The molecule has 0 spiro atoms. The zero-order valence-electron chi connectivity index (χ0n) is 40.8. The van der Waals surface area contributed by atoms with E-state index in [0.29, 0.717) is 6.42 Å². The third-order valence-corrected chi connectivity index (χ3v) is 12.3. The van der Waals surface area contributed by atoms with E-state index in [1.807, 2.05) is 6.08 Å². The van der Waals surface area contributed by atoms with E-state index in [1.165, 1.54) is 212 Å². The third kappa shape index (κ3) is 47.6. The number of rotatable bonds is 49. The van der Waals surface area contributed by atoms with Gasteiger partial charge in [-0.15, -0.1) is 0 Å². The molecule has 5 nitrogen and oxygen atoms in total. The van der Waals surface area contributed by atoms with Crippen LogP contribution in [0.25, 0.3) is 0 Å². The molecule has 0 saturated carbocycles. The van der Waals surface area contributed by atoms with Crippen LogP contribution in [-0.2, 0) is 4.79 Å². The smallest absolute Gasteiger partial charge is 0.222 e. The first-order valence-electron chi connectivity index (χ1n) is 26.9. The van der Waals surface area contributed by atoms with Crippen molar-refractivity contribution in [3.05, 3.63) is 48.6 Å². The number of unbranched alkanes of at least 4 members (excludes halogenated alkanes) is 34. The number of carbonyl (C=O) groups excluding carboxylic acids is 1. The zero-order chi connectivity index (χ0) is 44.4. The fraction of sp³-hybridized carbons (Fsp3) is 0.839. The van der Waals surface area contributed by atoms with E-state index in [2.05, 4.69) is 55.6 Å². The topological polar surface area (TPSA) is 89.8 Å². The highest BCUT2D eigenvalue weighted by Crippen LogP contribution is 2.16. The first kappa shape index (κ1) is 59.3. The fourth-order valence-electron chi connectivity index (χ4n) is 8.21. The maximum absolute atomic E-state index is 12.5. The van der Waals surface area contributed by atoms with E-state index in [9.17, 15) is 20.1 Å². The Morgan fingerprint density at radius 2 is 0.754 bits per heavy atom. The molecule has 0 aliphatic heterocycles. The van der Waals surface area contributed by atoms with Gasteiger partial charge in [0.1, 0.15) is 0 Å². The summed E-state index contributed by atoms with van der Waals surface area (Å²) in [6.45, 7) is 4.20. The maximum Gasteiger partial charge on any atom is 0.222 e. The number of hydrogen-bond donors (Lipinski definition) is 4. The number of aliphatic hydroxyl groups excluding tert-OH is 3. The van der Waals surface area contributed by atoms with Gasteiger partial charge in [0.2, 0.25) is 5.91 Å². The van der Waals surface area contributed by atoms with E-state index < -0.39 is 18.2 Å². The van der Waals surface area contributed by atoms with E-state index in [-0.39, 0.29) is 18.9 Å². The Morgan fingerprint density at radius 1 is 0.426 bits per heavy atom. The number of nitrogens with one attached hydrogen (secondary N) is 1. The predicted molar refractivity (Wildman–Crippen MR) is 268 cm³/mol. The predicted octanol–water partition coefficient (Wildman–Crippen LogP) is 16.4. The molecule has 3 unspecified atom stereocenters. The van der Waals surface area contributed by atoms with E-state index in [1.54, 1.807) is 6.08 Å². The molecule has 0 aromatic heterocycles. The molecule has 3 atom stereocenters. The minimum atomic E-state index is -0.951. The highest BCUT2D eigenvalue weighted by molar-refractivity contribution is 5.76. The normalized spacial score (nSPS) is 13.7. The van der Waals surface area contributed by atoms with Gasteiger partial charge in [-0.05, 0) is 64.2 Å². The van der Waals surface area contributed by atoms with Gasteiger partial charge >= 0.3 is 0 Å². The molecule has 0 rings (SSSR count). The summed E-state index contributed by atoms with van der Waals surface area (Å²) in [6, 6.07) is -0.761. The minimum absolute atomic E-state index is 0.00582. The average molecular weight is 856 g/mol. The van der Waals surface area contributed by atoms with Crippen LogP contribution in [0.2, 0.25) is 0 Å². The van der Waals surface area contributed by atoms with Crippen molar-refractivity contribution in [3.63, 3.8) is 0 Å².